The standard InChI is InChI=1S/C15H10FN/c16-13-8-6-11(7-9-13)15-10-12-4-2-1-3-5-14(12)17-15/h1-10H. The number of aromatic nitrogens is 1. The van der Waals surface area contributed by atoms with Gasteiger partial charge in [-0.3, -0.25) is 0 Å². The molecule has 1 aromatic carbocycles. The Labute approximate surface area is 98.9 Å². The molecule has 0 radical (unpaired) electrons. The van der Waals surface area contributed by atoms with Crippen molar-refractivity contribution in [2.45, 2.75) is 0 Å². The van der Waals surface area contributed by atoms with E-state index in [2.05, 4.69) is 4.98 Å². The van der Waals surface area contributed by atoms with Gasteiger partial charge in [-0.05, 0) is 36.4 Å². The molecule has 1 nitrogen and oxygen atoms in total. The molecule has 0 saturated carbocycles. The first-order valence-corrected chi connectivity index (χ1v) is 5.45. The molecule has 0 amide bonds. The first-order chi connectivity index (χ1) is 8.33. The van der Waals surface area contributed by atoms with E-state index in [1.54, 1.807) is 12.1 Å². The zero-order valence-electron chi connectivity index (χ0n) is 9.10. The summed E-state index contributed by atoms with van der Waals surface area (Å²) in [4.78, 5) is 4.53. The Hall–Kier alpha value is -2.22. The molecular formula is C15H10FN. The molecule has 2 aliphatic rings. The Balaban J connectivity index is 2.13. The first-order valence-electron chi connectivity index (χ1n) is 5.45. The minimum Gasteiger partial charge on any atom is -0.248 e. The van der Waals surface area contributed by atoms with Crippen LogP contribution in [0.4, 0.5) is 4.39 Å². The first kappa shape index (κ1) is 9.97. The van der Waals surface area contributed by atoms with Crippen LogP contribution in [0.15, 0.2) is 60.7 Å². The van der Waals surface area contributed by atoms with Crippen molar-refractivity contribution in [3.05, 3.63) is 66.5 Å². The second-order valence-electron chi connectivity index (χ2n) is 3.90. The van der Waals surface area contributed by atoms with Crippen molar-refractivity contribution in [2.75, 3.05) is 0 Å². The van der Waals surface area contributed by atoms with Gasteiger partial charge in [-0.25, -0.2) is 9.37 Å². The van der Waals surface area contributed by atoms with E-state index in [1.807, 2.05) is 36.4 Å². The van der Waals surface area contributed by atoms with E-state index in [1.165, 1.54) is 12.1 Å². The van der Waals surface area contributed by atoms with Gasteiger partial charge in [-0.2, -0.15) is 0 Å². The topological polar surface area (TPSA) is 12.9 Å². The zero-order valence-corrected chi connectivity index (χ0v) is 9.10. The predicted molar refractivity (Wildman–Crippen MR) is 66.3 cm³/mol. The van der Waals surface area contributed by atoms with Gasteiger partial charge < -0.3 is 0 Å². The average Bonchev–Trinajstić information content (AvgIpc) is 2.62. The fourth-order valence-electron chi connectivity index (χ4n) is 1.85. The summed E-state index contributed by atoms with van der Waals surface area (Å²) < 4.78 is 12.8. The van der Waals surface area contributed by atoms with Crippen LogP contribution in [0.5, 0.6) is 0 Å². The van der Waals surface area contributed by atoms with Gasteiger partial charge in [0.25, 0.3) is 0 Å². The van der Waals surface area contributed by atoms with Crippen LogP contribution in [0.2, 0.25) is 0 Å². The van der Waals surface area contributed by atoms with E-state index in [9.17, 15) is 4.39 Å². The maximum atomic E-state index is 12.8. The van der Waals surface area contributed by atoms with E-state index in [0.29, 0.717) is 0 Å². The van der Waals surface area contributed by atoms with Crippen molar-refractivity contribution in [3.63, 3.8) is 0 Å². The van der Waals surface area contributed by atoms with Crippen LogP contribution < -0.4 is 0 Å². The van der Waals surface area contributed by atoms with Crippen LogP contribution in [-0.2, 0) is 0 Å². The molecule has 82 valence electrons. The Morgan fingerprint density at radius 1 is 0.706 bits per heavy atom. The minimum absolute atomic E-state index is 0.226. The third-order valence-corrected chi connectivity index (χ3v) is 2.72. The Bertz CT molecular complexity index is 585. The molecule has 0 atom stereocenters. The molecule has 0 aromatic heterocycles. The highest BCUT2D eigenvalue weighted by Gasteiger charge is 2.08. The number of hydrogen-bond donors (Lipinski definition) is 0. The zero-order chi connectivity index (χ0) is 11.7. The van der Waals surface area contributed by atoms with Crippen molar-refractivity contribution in [1.82, 2.24) is 4.98 Å². The number of halogens is 1. The van der Waals surface area contributed by atoms with Gasteiger partial charge in [0.1, 0.15) is 5.82 Å². The van der Waals surface area contributed by atoms with Crippen LogP contribution >= 0.6 is 0 Å². The quantitative estimate of drug-likeness (QED) is 0.607. The Morgan fingerprint density at radius 3 is 2.29 bits per heavy atom. The summed E-state index contributed by atoms with van der Waals surface area (Å²) in [5, 5.41) is 0. The van der Waals surface area contributed by atoms with Crippen LogP contribution in [0.3, 0.4) is 0 Å². The summed E-state index contributed by atoms with van der Waals surface area (Å²) in [5.74, 6) is -0.226. The molecule has 0 saturated heterocycles. The summed E-state index contributed by atoms with van der Waals surface area (Å²) in [5.41, 5.74) is 3.86. The van der Waals surface area contributed by atoms with Gasteiger partial charge in [0.2, 0.25) is 0 Å². The third-order valence-electron chi connectivity index (χ3n) is 2.72. The molecule has 1 aromatic rings. The smallest absolute Gasteiger partial charge is 0.123 e. The maximum Gasteiger partial charge on any atom is 0.123 e. The number of nitrogens with zero attached hydrogens (tertiary/aromatic N) is 1. The lowest BCUT2D eigenvalue weighted by atomic mass is 10.1. The van der Waals surface area contributed by atoms with E-state index >= 15 is 0 Å². The Morgan fingerprint density at radius 2 is 1.47 bits per heavy atom. The molecule has 1 aliphatic heterocycles. The lowest BCUT2D eigenvalue weighted by molar-refractivity contribution is 0.628. The second-order valence-corrected chi connectivity index (χ2v) is 3.90. The average molecular weight is 223 g/mol. The van der Waals surface area contributed by atoms with Crippen LogP contribution in [0.25, 0.3) is 22.5 Å². The number of hydrogen-bond acceptors (Lipinski definition) is 1. The molecule has 0 bridgehead atoms. The van der Waals surface area contributed by atoms with Crippen molar-refractivity contribution in [1.29, 1.82) is 0 Å². The minimum atomic E-state index is -0.226. The number of benzene rings is 1. The summed E-state index contributed by atoms with van der Waals surface area (Å²) >= 11 is 0. The van der Waals surface area contributed by atoms with Crippen molar-refractivity contribution in [3.8, 4) is 22.5 Å². The maximum absolute atomic E-state index is 12.8. The monoisotopic (exact) mass is 223 g/mol. The molecule has 2 heteroatoms. The van der Waals surface area contributed by atoms with Crippen molar-refractivity contribution in [2.24, 2.45) is 0 Å². The van der Waals surface area contributed by atoms with Gasteiger partial charge in [-0.1, -0.05) is 24.3 Å². The molecule has 3 rings (SSSR count). The summed E-state index contributed by atoms with van der Waals surface area (Å²) in [7, 11) is 0. The fraction of sp³-hybridized carbons (Fsp3) is 0. The van der Waals surface area contributed by atoms with Gasteiger partial charge in [0, 0.05) is 11.1 Å². The van der Waals surface area contributed by atoms with E-state index in [4.69, 9.17) is 0 Å². The largest absolute Gasteiger partial charge is 0.248 e. The molecule has 0 N–H and O–H groups in total. The summed E-state index contributed by atoms with van der Waals surface area (Å²) in [6.07, 6.45) is 0. The second kappa shape index (κ2) is 3.98. The molecular weight excluding hydrogens is 213 g/mol. The molecule has 0 spiro atoms. The van der Waals surface area contributed by atoms with E-state index in [-0.39, 0.29) is 5.82 Å². The summed E-state index contributed by atoms with van der Waals surface area (Å²) in [6.45, 7) is 0. The highest BCUT2D eigenvalue weighted by molar-refractivity contribution is 5.72. The molecule has 0 fully saturated rings. The normalized spacial score (nSPS) is 10.6. The molecule has 0 unspecified atom stereocenters. The van der Waals surface area contributed by atoms with E-state index < -0.39 is 0 Å². The fourth-order valence-corrected chi connectivity index (χ4v) is 1.85. The van der Waals surface area contributed by atoms with Gasteiger partial charge in [0.05, 0.1) is 11.4 Å². The number of rotatable bonds is 1. The van der Waals surface area contributed by atoms with Crippen LogP contribution in [0.1, 0.15) is 0 Å². The van der Waals surface area contributed by atoms with Crippen molar-refractivity contribution >= 4 is 0 Å². The lowest BCUT2D eigenvalue weighted by Gasteiger charge is -1.94. The third kappa shape index (κ3) is 1.89. The molecule has 17 heavy (non-hydrogen) atoms. The predicted octanol–water partition coefficient (Wildman–Crippen LogP) is 3.99. The van der Waals surface area contributed by atoms with Crippen LogP contribution in [0, 0.1) is 5.82 Å². The highest BCUT2D eigenvalue weighted by Crippen LogP contribution is 2.27. The molecule has 1 aliphatic carbocycles. The van der Waals surface area contributed by atoms with Gasteiger partial charge in [0.15, 0.2) is 0 Å². The van der Waals surface area contributed by atoms with Crippen LogP contribution in [-0.4, -0.2) is 4.98 Å². The lowest BCUT2D eigenvalue weighted by Crippen LogP contribution is -1.77. The van der Waals surface area contributed by atoms with Gasteiger partial charge >= 0.3 is 0 Å². The SMILES string of the molecule is Fc1ccc(-c2cc3cccccc-3n2)cc1. The number of fused-ring (bicyclic) bond motifs is 1. The van der Waals surface area contributed by atoms with E-state index in [0.717, 1.165) is 22.5 Å². The highest BCUT2D eigenvalue weighted by atomic mass is 19.1. The van der Waals surface area contributed by atoms with Crippen molar-refractivity contribution < 1.29 is 4.39 Å². The van der Waals surface area contributed by atoms with Gasteiger partial charge in [-0.15, -0.1) is 0 Å². The summed E-state index contributed by atoms with van der Waals surface area (Å²) in [6, 6.07) is 18.3. The molecule has 1 heterocycles. The Kier molecular flexibility index (Phi) is 2.33.